The van der Waals surface area contributed by atoms with E-state index in [1.165, 1.54) is 6.20 Å². The molecule has 0 aliphatic carbocycles. The van der Waals surface area contributed by atoms with Crippen LogP contribution in [0.3, 0.4) is 0 Å². The Labute approximate surface area is 116 Å². The zero-order valence-electron chi connectivity index (χ0n) is 10.5. The molecule has 0 spiro atoms. The minimum absolute atomic E-state index is 0.0788. The molecule has 2 N–H and O–H groups in total. The van der Waals surface area contributed by atoms with Crippen molar-refractivity contribution in [3.8, 4) is 0 Å². The van der Waals surface area contributed by atoms with E-state index in [1.54, 1.807) is 17.2 Å². The third-order valence-electron chi connectivity index (χ3n) is 3.39. The van der Waals surface area contributed by atoms with Crippen LogP contribution in [0.15, 0.2) is 18.5 Å². The summed E-state index contributed by atoms with van der Waals surface area (Å²) in [6.45, 7) is 1.27. The summed E-state index contributed by atoms with van der Waals surface area (Å²) in [6, 6.07) is 1.63. The fourth-order valence-corrected chi connectivity index (χ4v) is 2.54. The van der Waals surface area contributed by atoms with Crippen molar-refractivity contribution in [1.82, 2.24) is 9.88 Å². The van der Waals surface area contributed by atoms with Crippen LogP contribution in [-0.4, -0.2) is 34.8 Å². The maximum absolute atomic E-state index is 12.3. The first-order valence-corrected chi connectivity index (χ1v) is 6.63. The van der Waals surface area contributed by atoms with Gasteiger partial charge in [-0.1, -0.05) is 11.6 Å². The highest BCUT2D eigenvalue weighted by atomic mass is 35.5. The van der Waals surface area contributed by atoms with Crippen molar-refractivity contribution in [3.63, 3.8) is 0 Å². The first kappa shape index (κ1) is 13.8. The van der Waals surface area contributed by atoms with Crippen LogP contribution in [0.5, 0.6) is 0 Å². The second-order valence-electron chi connectivity index (χ2n) is 4.76. The second-order valence-corrected chi connectivity index (χ2v) is 5.17. The molecule has 0 radical (unpaired) electrons. The number of hydrogen-bond acceptors (Lipinski definition) is 3. The molecule has 2 rings (SSSR count). The summed E-state index contributed by atoms with van der Waals surface area (Å²) < 4.78 is 0. The molecule has 1 aliphatic rings. The summed E-state index contributed by atoms with van der Waals surface area (Å²) in [5.74, 6) is -0.0682. The van der Waals surface area contributed by atoms with Crippen LogP contribution in [0, 0.1) is 5.92 Å². The van der Waals surface area contributed by atoms with E-state index in [-0.39, 0.29) is 17.7 Å². The number of piperidine rings is 1. The molecule has 1 aliphatic heterocycles. The highest BCUT2D eigenvalue weighted by molar-refractivity contribution is 6.33. The van der Waals surface area contributed by atoms with Crippen LogP contribution in [0.25, 0.3) is 0 Å². The summed E-state index contributed by atoms with van der Waals surface area (Å²) in [5.41, 5.74) is 5.66. The third kappa shape index (κ3) is 3.44. The van der Waals surface area contributed by atoms with Crippen molar-refractivity contribution in [2.75, 3.05) is 13.1 Å². The van der Waals surface area contributed by atoms with Crippen LogP contribution < -0.4 is 5.73 Å². The lowest BCUT2D eigenvalue weighted by Gasteiger charge is -2.31. The van der Waals surface area contributed by atoms with Gasteiger partial charge in [0.1, 0.15) is 0 Å². The average Bonchev–Trinajstić information content (AvgIpc) is 2.39. The summed E-state index contributed by atoms with van der Waals surface area (Å²) >= 11 is 5.96. The molecule has 1 fully saturated rings. The molecule has 1 aromatic rings. The molecule has 102 valence electrons. The number of rotatable bonds is 3. The van der Waals surface area contributed by atoms with Crippen molar-refractivity contribution in [1.29, 1.82) is 0 Å². The molecule has 0 bridgehead atoms. The zero-order valence-corrected chi connectivity index (χ0v) is 11.3. The maximum Gasteiger partial charge on any atom is 0.255 e. The summed E-state index contributed by atoms with van der Waals surface area (Å²) in [5, 5.41) is 0.367. The van der Waals surface area contributed by atoms with Crippen LogP contribution in [-0.2, 0) is 4.79 Å². The van der Waals surface area contributed by atoms with Gasteiger partial charge >= 0.3 is 0 Å². The third-order valence-corrected chi connectivity index (χ3v) is 3.70. The normalized spacial score (nSPS) is 16.4. The summed E-state index contributed by atoms with van der Waals surface area (Å²) in [4.78, 5) is 28.8. The van der Waals surface area contributed by atoms with E-state index in [1.807, 2.05) is 0 Å². The number of carbonyl (C=O) groups is 2. The van der Waals surface area contributed by atoms with Gasteiger partial charge in [0, 0.05) is 31.9 Å². The highest BCUT2D eigenvalue weighted by Crippen LogP contribution is 2.23. The Kier molecular flexibility index (Phi) is 4.37. The van der Waals surface area contributed by atoms with Crippen molar-refractivity contribution >= 4 is 23.4 Å². The molecular formula is C13H16ClN3O2. The van der Waals surface area contributed by atoms with Crippen LogP contribution in [0.2, 0.25) is 5.02 Å². The molecule has 6 heteroatoms. The van der Waals surface area contributed by atoms with Gasteiger partial charge in [-0.05, 0) is 24.8 Å². The largest absolute Gasteiger partial charge is 0.370 e. The molecule has 0 atom stereocenters. The number of primary amides is 1. The Morgan fingerprint density at radius 1 is 1.42 bits per heavy atom. The number of aromatic nitrogens is 1. The second kappa shape index (κ2) is 6.02. The Morgan fingerprint density at radius 3 is 2.68 bits per heavy atom. The predicted octanol–water partition coefficient (Wildman–Crippen LogP) is 1.46. The van der Waals surface area contributed by atoms with Gasteiger partial charge in [-0.3, -0.25) is 14.6 Å². The number of hydrogen-bond donors (Lipinski definition) is 1. The first-order valence-electron chi connectivity index (χ1n) is 6.25. The number of nitrogens with two attached hydrogens (primary N) is 1. The van der Waals surface area contributed by atoms with Gasteiger partial charge in [0.05, 0.1) is 10.6 Å². The van der Waals surface area contributed by atoms with E-state index in [4.69, 9.17) is 17.3 Å². The summed E-state index contributed by atoms with van der Waals surface area (Å²) in [6.07, 6.45) is 5.03. The van der Waals surface area contributed by atoms with E-state index in [0.717, 1.165) is 12.8 Å². The molecule has 0 unspecified atom stereocenters. The first-order chi connectivity index (χ1) is 9.08. The van der Waals surface area contributed by atoms with Gasteiger partial charge in [0.15, 0.2) is 0 Å². The fourth-order valence-electron chi connectivity index (χ4n) is 2.34. The van der Waals surface area contributed by atoms with E-state index in [2.05, 4.69) is 4.98 Å². The smallest absolute Gasteiger partial charge is 0.255 e. The molecule has 1 saturated heterocycles. The highest BCUT2D eigenvalue weighted by Gasteiger charge is 2.25. The molecular weight excluding hydrogens is 266 g/mol. The average molecular weight is 282 g/mol. The molecule has 2 amide bonds. The quantitative estimate of drug-likeness (QED) is 0.911. The molecule has 0 saturated carbocycles. The lowest BCUT2D eigenvalue weighted by Crippen LogP contribution is -2.39. The summed E-state index contributed by atoms with van der Waals surface area (Å²) in [7, 11) is 0. The molecule has 1 aromatic heterocycles. The van der Waals surface area contributed by atoms with Crippen LogP contribution in [0.4, 0.5) is 0 Å². The lowest BCUT2D eigenvalue weighted by molar-refractivity contribution is -0.119. The van der Waals surface area contributed by atoms with Crippen LogP contribution >= 0.6 is 11.6 Å². The molecule has 2 heterocycles. The van der Waals surface area contributed by atoms with E-state index in [9.17, 15) is 9.59 Å². The Hall–Kier alpha value is -1.62. The van der Waals surface area contributed by atoms with Gasteiger partial charge in [-0.2, -0.15) is 0 Å². The Balaban J connectivity index is 1.96. The van der Waals surface area contributed by atoms with E-state index < -0.39 is 0 Å². The zero-order chi connectivity index (χ0) is 13.8. The SMILES string of the molecule is NC(=O)CC1CCN(C(=O)c2ccncc2Cl)CC1. The minimum atomic E-state index is -0.276. The van der Waals surface area contributed by atoms with Crippen molar-refractivity contribution < 1.29 is 9.59 Å². The predicted molar refractivity (Wildman–Crippen MR) is 71.7 cm³/mol. The van der Waals surface area contributed by atoms with E-state index in [0.29, 0.717) is 30.1 Å². The molecule has 0 aromatic carbocycles. The van der Waals surface area contributed by atoms with Gasteiger partial charge in [0.2, 0.25) is 5.91 Å². The maximum atomic E-state index is 12.3. The topological polar surface area (TPSA) is 76.3 Å². The monoisotopic (exact) mass is 281 g/mol. The molecule has 5 nitrogen and oxygen atoms in total. The van der Waals surface area contributed by atoms with E-state index >= 15 is 0 Å². The van der Waals surface area contributed by atoms with Gasteiger partial charge in [-0.25, -0.2) is 0 Å². The van der Waals surface area contributed by atoms with Crippen LogP contribution in [0.1, 0.15) is 29.6 Å². The fraction of sp³-hybridized carbons (Fsp3) is 0.462. The Bertz CT molecular complexity index is 485. The number of amides is 2. The van der Waals surface area contributed by atoms with Crippen molar-refractivity contribution in [3.05, 3.63) is 29.0 Å². The number of likely N-dealkylation sites (tertiary alicyclic amines) is 1. The number of nitrogens with zero attached hydrogens (tertiary/aromatic N) is 2. The van der Waals surface area contributed by atoms with Gasteiger partial charge < -0.3 is 10.6 Å². The van der Waals surface area contributed by atoms with Gasteiger partial charge in [-0.15, -0.1) is 0 Å². The lowest BCUT2D eigenvalue weighted by atomic mass is 9.93. The standard InChI is InChI=1S/C13H16ClN3O2/c14-11-8-16-4-1-10(11)13(19)17-5-2-9(3-6-17)7-12(15)18/h1,4,8-9H,2-3,5-7H2,(H2,15,18). The van der Waals surface area contributed by atoms with Crippen molar-refractivity contribution in [2.24, 2.45) is 11.7 Å². The van der Waals surface area contributed by atoms with Crippen molar-refractivity contribution in [2.45, 2.75) is 19.3 Å². The minimum Gasteiger partial charge on any atom is -0.370 e. The number of halogens is 1. The van der Waals surface area contributed by atoms with Gasteiger partial charge in [0.25, 0.3) is 5.91 Å². The number of pyridine rings is 1. The Morgan fingerprint density at radius 2 is 2.11 bits per heavy atom. The molecule has 19 heavy (non-hydrogen) atoms. The number of carbonyl (C=O) groups excluding carboxylic acids is 2.